The third-order valence-corrected chi connectivity index (χ3v) is 4.81. The van der Waals surface area contributed by atoms with Crippen LogP contribution >= 0.6 is 11.6 Å². The van der Waals surface area contributed by atoms with Crippen molar-refractivity contribution in [2.24, 2.45) is 0 Å². The molecule has 0 bridgehead atoms. The van der Waals surface area contributed by atoms with Gasteiger partial charge in [0.15, 0.2) is 0 Å². The second-order valence-electron chi connectivity index (χ2n) is 6.53. The summed E-state index contributed by atoms with van der Waals surface area (Å²) in [5.41, 5.74) is 3.08. The Hall–Kier alpha value is -2.89. The highest BCUT2D eigenvalue weighted by atomic mass is 35.5. The maximum Gasteiger partial charge on any atom is 0.270 e. The molecular weight excluding hydrogens is 364 g/mol. The molecule has 3 aromatic rings. The van der Waals surface area contributed by atoms with Crippen LogP contribution in [0.25, 0.3) is 0 Å². The number of hydrogen-bond donors (Lipinski definition) is 0. The number of nitro groups is 1. The first kappa shape index (κ1) is 17.5. The van der Waals surface area contributed by atoms with Crippen molar-refractivity contribution in [1.82, 2.24) is 4.90 Å². The van der Waals surface area contributed by atoms with E-state index in [-0.39, 0.29) is 10.6 Å². The molecule has 0 aliphatic carbocycles. The number of nitro benzene ring substituents is 1. The number of fused-ring (bicyclic) bond motifs is 2. The second kappa shape index (κ2) is 7.39. The fraction of sp³-hybridized carbons (Fsp3) is 0.143. The van der Waals surface area contributed by atoms with Crippen LogP contribution in [0.1, 0.15) is 16.7 Å². The first-order valence-electron chi connectivity index (χ1n) is 8.58. The fourth-order valence-electron chi connectivity index (χ4n) is 3.25. The summed E-state index contributed by atoms with van der Waals surface area (Å²) in [6.07, 6.45) is 0. The molecule has 0 spiro atoms. The molecule has 4 rings (SSSR count). The lowest BCUT2D eigenvalue weighted by Crippen LogP contribution is -2.24. The third kappa shape index (κ3) is 3.94. The topological polar surface area (TPSA) is 55.6 Å². The van der Waals surface area contributed by atoms with Crippen LogP contribution in [-0.2, 0) is 19.6 Å². The molecule has 1 aliphatic heterocycles. The molecule has 1 aliphatic rings. The van der Waals surface area contributed by atoms with E-state index in [9.17, 15) is 10.1 Å². The number of hydrogen-bond acceptors (Lipinski definition) is 4. The molecule has 0 N–H and O–H groups in total. The van der Waals surface area contributed by atoms with Crippen molar-refractivity contribution in [1.29, 1.82) is 0 Å². The number of non-ortho nitro benzene ring substituents is 1. The summed E-state index contributed by atoms with van der Waals surface area (Å²) in [6.45, 7) is 1.93. The second-order valence-corrected chi connectivity index (χ2v) is 6.97. The Labute approximate surface area is 161 Å². The highest BCUT2D eigenvalue weighted by molar-refractivity contribution is 6.30. The van der Waals surface area contributed by atoms with E-state index in [1.807, 2.05) is 48.5 Å². The minimum Gasteiger partial charge on any atom is -0.457 e. The largest absolute Gasteiger partial charge is 0.457 e. The number of benzene rings is 3. The average molecular weight is 381 g/mol. The summed E-state index contributed by atoms with van der Waals surface area (Å²) >= 11 is 5.99. The van der Waals surface area contributed by atoms with Crippen molar-refractivity contribution in [2.45, 2.75) is 19.6 Å². The van der Waals surface area contributed by atoms with Gasteiger partial charge >= 0.3 is 0 Å². The van der Waals surface area contributed by atoms with Crippen molar-refractivity contribution in [2.75, 3.05) is 0 Å². The molecule has 5 nitrogen and oxygen atoms in total. The van der Waals surface area contributed by atoms with Gasteiger partial charge in [0.2, 0.25) is 0 Å². The van der Waals surface area contributed by atoms with E-state index in [0.29, 0.717) is 30.4 Å². The highest BCUT2D eigenvalue weighted by Crippen LogP contribution is 2.35. The Bertz CT molecular complexity index is 989. The predicted molar refractivity (Wildman–Crippen MR) is 104 cm³/mol. The fourth-order valence-corrected chi connectivity index (χ4v) is 3.38. The molecule has 0 saturated carbocycles. The zero-order chi connectivity index (χ0) is 18.8. The summed E-state index contributed by atoms with van der Waals surface area (Å²) in [6, 6.07) is 20.4. The molecule has 3 aromatic carbocycles. The van der Waals surface area contributed by atoms with E-state index in [4.69, 9.17) is 16.3 Å². The molecule has 136 valence electrons. The first-order valence-corrected chi connectivity index (χ1v) is 8.96. The van der Waals surface area contributed by atoms with Gasteiger partial charge in [0.25, 0.3) is 5.69 Å². The Kier molecular flexibility index (Phi) is 4.79. The Morgan fingerprint density at radius 2 is 1.67 bits per heavy atom. The van der Waals surface area contributed by atoms with Gasteiger partial charge in [0.1, 0.15) is 11.5 Å². The van der Waals surface area contributed by atoms with Gasteiger partial charge in [-0.25, -0.2) is 0 Å². The molecule has 0 radical (unpaired) electrons. The number of rotatable bonds is 3. The number of para-hydroxylation sites is 1. The molecule has 27 heavy (non-hydrogen) atoms. The van der Waals surface area contributed by atoms with Gasteiger partial charge in [-0.3, -0.25) is 15.0 Å². The van der Waals surface area contributed by atoms with Crippen LogP contribution in [-0.4, -0.2) is 9.82 Å². The summed E-state index contributed by atoms with van der Waals surface area (Å²) in [7, 11) is 0. The predicted octanol–water partition coefficient (Wildman–Crippen LogP) is 5.56. The first-order chi connectivity index (χ1) is 13.1. The van der Waals surface area contributed by atoms with Crippen molar-refractivity contribution in [3.63, 3.8) is 0 Å². The standard InChI is InChI=1S/C21H17ClN2O3/c22-18-7-5-15(6-8-18)12-23-13-16-3-1-2-4-20(16)27-21-10-9-19(24(25)26)11-17(21)14-23/h1-11H,12-14H2. The van der Waals surface area contributed by atoms with Crippen LogP contribution < -0.4 is 4.74 Å². The molecule has 0 aromatic heterocycles. The normalized spacial score (nSPS) is 13.7. The lowest BCUT2D eigenvalue weighted by molar-refractivity contribution is -0.385. The van der Waals surface area contributed by atoms with Crippen LogP contribution in [0.3, 0.4) is 0 Å². The van der Waals surface area contributed by atoms with E-state index < -0.39 is 0 Å². The Morgan fingerprint density at radius 1 is 0.963 bits per heavy atom. The highest BCUT2D eigenvalue weighted by Gasteiger charge is 2.20. The van der Waals surface area contributed by atoms with Gasteiger partial charge in [0.05, 0.1) is 4.92 Å². The van der Waals surface area contributed by atoms with Crippen molar-refractivity contribution in [3.05, 3.63) is 98.6 Å². The lowest BCUT2D eigenvalue weighted by Gasteiger charge is -2.27. The van der Waals surface area contributed by atoms with Gasteiger partial charge in [0, 0.05) is 47.9 Å². The van der Waals surface area contributed by atoms with E-state index in [1.54, 1.807) is 12.1 Å². The lowest BCUT2D eigenvalue weighted by atomic mass is 10.1. The molecule has 0 amide bonds. The van der Waals surface area contributed by atoms with Crippen LogP contribution in [0.15, 0.2) is 66.7 Å². The SMILES string of the molecule is O=[N+]([O-])c1ccc2c(c1)CN(Cc1ccc(Cl)cc1)Cc1ccccc1O2. The zero-order valence-electron chi connectivity index (χ0n) is 14.5. The minimum atomic E-state index is -0.378. The Morgan fingerprint density at radius 3 is 2.44 bits per heavy atom. The third-order valence-electron chi connectivity index (χ3n) is 4.55. The van der Waals surface area contributed by atoms with Gasteiger partial charge in [-0.15, -0.1) is 0 Å². The number of nitrogens with zero attached hydrogens (tertiary/aromatic N) is 2. The Balaban J connectivity index is 1.72. The monoisotopic (exact) mass is 380 g/mol. The number of halogens is 1. The molecule has 6 heteroatoms. The minimum absolute atomic E-state index is 0.0673. The molecule has 0 unspecified atom stereocenters. The summed E-state index contributed by atoms with van der Waals surface area (Å²) in [5, 5.41) is 11.9. The van der Waals surface area contributed by atoms with Crippen molar-refractivity contribution in [3.8, 4) is 11.5 Å². The van der Waals surface area contributed by atoms with Crippen LogP contribution in [0.4, 0.5) is 5.69 Å². The van der Waals surface area contributed by atoms with E-state index in [2.05, 4.69) is 4.90 Å². The molecule has 0 atom stereocenters. The summed E-state index contributed by atoms with van der Waals surface area (Å²) in [5.74, 6) is 1.42. The quantitative estimate of drug-likeness (QED) is 0.441. The van der Waals surface area contributed by atoms with Crippen LogP contribution in [0.5, 0.6) is 11.5 Å². The van der Waals surface area contributed by atoms with Crippen molar-refractivity contribution < 1.29 is 9.66 Å². The summed E-state index contributed by atoms with van der Waals surface area (Å²) < 4.78 is 6.06. The van der Waals surface area contributed by atoms with E-state index in [0.717, 1.165) is 22.4 Å². The van der Waals surface area contributed by atoms with Gasteiger partial charge in [-0.1, -0.05) is 41.9 Å². The van der Waals surface area contributed by atoms with Crippen LogP contribution in [0, 0.1) is 10.1 Å². The maximum atomic E-state index is 11.2. The maximum absolute atomic E-state index is 11.2. The van der Waals surface area contributed by atoms with E-state index in [1.165, 1.54) is 6.07 Å². The van der Waals surface area contributed by atoms with Crippen molar-refractivity contribution >= 4 is 17.3 Å². The summed E-state index contributed by atoms with van der Waals surface area (Å²) in [4.78, 5) is 13.0. The van der Waals surface area contributed by atoms with Gasteiger partial charge in [-0.05, 0) is 29.8 Å². The average Bonchev–Trinajstić information content (AvgIpc) is 2.64. The number of ether oxygens (including phenoxy) is 1. The molecular formula is C21H17ClN2O3. The van der Waals surface area contributed by atoms with Gasteiger partial charge in [-0.2, -0.15) is 0 Å². The van der Waals surface area contributed by atoms with Crippen LogP contribution in [0.2, 0.25) is 5.02 Å². The van der Waals surface area contributed by atoms with Gasteiger partial charge < -0.3 is 4.74 Å². The smallest absolute Gasteiger partial charge is 0.270 e. The van der Waals surface area contributed by atoms with E-state index >= 15 is 0 Å². The molecule has 1 heterocycles. The molecule has 0 fully saturated rings. The zero-order valence-corrected chi connectivity index (χ0v) is 15.2. The molecule has 0 saturated heterocycles.